The molecular formula is C19H36NNaO5. The minimum absolute atomic E-state index is 0. The van der Waals surface area contributed by atoms with Gasteiger partial charge in [-0.25, -0.2) is 0 Å². The Morgan fingerprint density at radius 2 is 1.62 bits per heavy atom. The van der Waals surface area contributed by atoms with E-state index in [2.05, 4.69) is 19.2 Å². The van der Waals surface area contributed by atoms with Crippen molar-refractivity contribution in [2.45, 2.75) is 71.6 Å². The summed E-state index contributed by atoms with van der Waals surface area (Å²) in [6.45, 7) is 6.35. The zero-order valence-corrected chi connectivity index (χ0v) is 18.9. The predicted octanol–water partition coefficient (Wildman–Crippen LogP) is -0.786. The second-order valence-electron chi connectivity index (χ2n) is 7.07. The van der Waals surface area contributed by atoms with Crippen LogP contribution in [0.25, 0.3) is 0 Å². The number of hydrogen-bond donors (Lipinski definition) is 2. The molecule has 0 aliphatic rings. The van der Waals surface area contributed by atoms with Gasteiger partial charge in [-0.15, -0.1) is 0 Å². The number of carbonyl (C=O) groups is 2. The molecule has 0 aromatic rings. The monoisotopic (exact) mass is 381 g/mol. The summed E-state index contributed by atoms with van der Waals surface area (Å²) in [7, 11) is 0. The quantitative estimate of drug-likeness (QED) is 0.239. The number of nitrogens with one attached hydrogen (secondary N) is 1. The van der Waals surface area contributed by atoms with Gasteiger partial charge in [-0.2, -0.15) is 0 Å². The maximum atomic E-state index is 11.2. The van der Waals surface area contributed by atoms with Crippen molar-refractivity contribution in [2.24, 2.45) is 11.8 Å². The fraction of sp³-hybridized carbons (Fsp3) is 0.895. The standard InChI is InChI=1S/C19H37NO5.Na/c1-16(2)9-6-4-3-5-7-13-25-14-8-10-17(19(23)24)15-20-12-11-18(21)22;/h16-17,20H,3-15H2,1-2H3,(H,21,22)(H,23,24);/q;+1/p-1. The number of rotatable bonds is 18. The van der Waals surface area contributed by atoms with Crippen LogP contribution in [-0.2, 0) is 14.3 Å². The van der Waals surface area contributed by atoms with E-state index in [9.17, 15) is 14.7 Å². The van der Waals surface area contributed by atoms with E-state index in [0.29, 0.717) is 19.4 Å². The van der Waals surface area contributed by atoms with Crippen LogP contribution in [0.15, 0.2) is 0 Å². The molecule has 0 rings (SSSR count). The van der Waals surface area contributed by atoms with Crippen LogP contribution >= 0.6 is 0 Å². The third kappa shape index (κ3) is 20.2. The van der Waals surface area contributed by atoms with E-state index < -0.39 is 17.9 Å². The first kappa shape index (κ1) is 28.1. The van der Waals surface area contributed by atoms with Crippen LogP contribution in [0, 0.1) is 11.8 Å². The first-order valence-corrected chi connectivity index (χ1v) is 9.64. The molecule has 0 aromatic heterocycles. The average Bonchev–Trinajstić information content (AvgIpc) is 2.53. The van der Waals surface area contributed by atoms with Crippen molar-refractivity contribution in [1.29, 1.82) is 0 Å². The molecule has 0 fully saturated rings. The Labute approximate surface area is 180 Å². The first-order chi connectivity index (χ1) is 11.9. The van der Waals surface area contributed by atoms with E-state index in [1.165, 1.54) is 32.1 Å². The molecule has 0 amide bonds. The first-order valence-electron chi connectivity index (χ1n) is 9.64. The van der Waals surface area contributed by atoms with Crippen LogP contribution in [0.1, 0.15) is 71.6 Å². The molecule has 0 spiro atoms. The molecule has 2 N–H and O–H groups in total. The minimum Gasteiger partial charge on any atom is -0.550 e. The van der Waals surface area contributed by atoms with Gasteiger partial charge in [0.1, 0.15) is 0 Å². The fourth-order valence-corrected chi connectivity index (χ4v) is 2.60. The van der Waals surface area contributed by atoms with Gasteiger partial charge in [-0.3, -0.25) is 4.79 Å². The minimum atomic E-state index is -1.13. The van der Waals surface area contributed by atoms with Gasteiger partial charge in [0.05, 0.1) is 5.92 Å². The Morgan fingerprint density at radius 1 is 1.00 bits per heavy atom. The summed E-state index contributed by atoms with van der Waals surface area (Å²) < 4.78 is 5.57. The Morgan fingerprint density at radius 3 is 2.23 bits per heavy atom. The van der Waals surface area contributed by atoms with Crippen molar-refractivity contribution in [2.75, 3.05) is 26.3 Å². The van der Waals surface area contributed by atoms with Gasteiger partial charge in [0.2, 0.25) is 0 Å². The van der Waals surface area contributed by atoms with Crippen molar-refractivity contribution < 1.29 is 54.1 Å². The average molecular weight is 381 g/mol. The van der Waals surface area contributed by atoms with E-state index in [-0.39, 0.29) is 49.1 Å². The molecule has 7 heteroatoms. The van der Waals surface area contributed by atoms with E-state index >= 15 is 0 Å². The number of aliphatic carboxylic acids is 2. The third-order valence-electron chi connectivity index (χ3n) is 4.16. The molecule has 148 valence electrons. The Hall–Kier alpha value is -0.140. The maximum absolute atomic E-state index is 11.2. The molecule has 0 radical (unpaired) electrons. The smallest absolute Gasteiger partial charge is 0.550 e. The van der Waals surface area contributed by atoms with Gasteiger partial charge in [0, 0.05) is 32.3 Å². The number of unbranched alkanes of at least 4 members (excludes halogenated alkanes) is 4. The molecule has 1 unspecified atom stereocenters. The summed E-state index contributed by atoms with van der Waals surface area (Å²) in [6, 6.07) is 0. The van der Waals surface area contributed by atoms with Gasteiger partial charge in [0.15, 0.2) is 0 Å². The molecule has 0 aliphatic heterocycles. The molecule has 26 heavy (non-hydrogen) atoms. The van der Waals surface area contributed by atoms with E-state index in [0.717, 1.165) is 18.9 Å². The Bertz CT molecular complexity index is 353. The van der Waals surface area contributed by atoms with Crippen molar-refractivity contribution in [3.05, 3.63) is 0 Å². The van der Waals surface area contributed by atoms with Crippen molar-refractivity contribution >= 4 is 11.9 Å². The van der Waals surface area contributed by atoms with E-state index in [1.54, 1.807) is 0 Å². The summed E-state index contributed by atoms with van der Waals surface area (Å²) in [5.41, 5.74) is 0. The van der Waals surface area contributed by atoms with Crippen LogP contribution < -0.4 is 40.0 Å². The van der Waals surface area contributed by atoms with Gasteiger partial charge >= 0.3 is 35.5 Å². The van der Waals surface area contributed by atoms with Gasteiger partial charge in [-0.05, 0) is 31.6 Å². The Kier molecular flexibility index (Phi) is 21.2. The van der Waals surface area contributed by atoms with Crippen LogP contribution in [0.5, 0.6) is 0 Å². The predicted molar refractivity (Wildman–Crippen MR) is 96.2 cm³/mol. The molecule has 0 aromatic carbocycles. The molecule has 0 saturated carbocycles. The summed E-state index contributed by atoms with van der Waals surface area (Å²) in [4.78, 5) is 21.4. The fourth-order valence-electron chi connectivity index (χ4n) is 2.60. The molecule has 0 saturated heterocycles. The number of ether oxygens (including phenoxy) is 1. The normalized spacial score (nSPS) is 12.0. The summed E-state index contributed by atoms with van der Waals surface area (Å²) in [5, 5.41) is 22.3. The van der Waals surface area contributed by atoms with Crippen LogP contribution in [0.2, 0.25) is 0 Å². The number of carboxylic acid groups (broad SMARTS) is 2. The molecule has 1 atom stereocenters. The van der Waals surface area contributed by atoms with Crippen LogP contribution in [-0.4, -0.2) is 43.3 Å². The number of carboxylic acids is 2. The summed E-state index contributed by atoms with van der Waals surface area (Å²) in [6.07, 6.45) is 8.56. The maximum Gasteiger partial charge on any atom is 1.00 e. The van der Waals surface area contributed by atoms with E-state index in [4.69, 9.17) is 9.84 Å². The van der Waals surface area contributed by atoms with Gasteiger partial charge in [-0.1, -0.05) is 46.0 Å². The van der Waals surface area contributed by atoms with Crippen molar-refractivity contribution in [1.82, 2.24) is 5.32 Å². The number of carbonyl (C=O) groups excluding carboxylic acids is 1. The zero-order valence-electron chi connectivity index (χ0n) is 16.9. The molecule has 6 nitrogen and oxygen atoms in total. The second kappa shape index (κ2) is 19.6. The third-order valence-corrected chi connectivity index (χ3v) is 4.16. The molecule has 0 bridgehead atoms. The Balaban J connectivity index is 0. The van der Waals surface area contributed by atoms with Crippen LogP contribution in [0.4, 0.5) is 0 Å². The molecule has 0 heterocycles. The second-order valence-corrected chi connectivity index (χ2v) is 7.07. The summed E-state index contributed by atoms with van der Waals surface area (Å²) >= 11 is 0. The number of hydrogen-bond acceptors (Lipinski definition) is 5. The van der Waals surface area contributed by atoms with E-state index in [1.807, 2.05) is 0 Å². The van der Waals surface area contributed by atoms with Gasteiger partial charge < -0.3 is 25.1 Å². The summed E-state index contributed by atoms with van der Waals surface area (Å²) in [5.74, 6) is -1.70. The largest absolute Gasteiger partial charge is 1.00 e. The molecule has 0 aliphatic carbocycles. The van der Waals surface area contributed by atoms with Crippen molar-refractivity contribution in [3.63, 3.8) is 0 Å². The topological polar surface area (TPSA) is 98.7 Å². The van der Waals surface area contributed by atoms with Crippen molar-refractivity contribution in [3.8, 4) is 0 Å². The zero-order chi connectivity index (χ0) is 18.9. The SMILES string of the molecule is CC(C)CCCCCCCOCCCC(CNCCC(=O)[O-])C(=O)O.[Na+]. The van der Waals surface area contributed by atoms with Gasteiger partial charge in [0.25, 0.3) is 0 Å². The van der Waals surface area contributed by atoms with Crippen LogP contribution in [0.3, 0.4) is 0 Å². The molecular weight excluding hydrogens is 345 g/mol.